The Bertz CT molecular complexity index is 203. The van der Waals surface area contributed by atoms with Crippen molar-refractivity contribution in [2.45, 2.75) is 25.7 Å². The molecular weight excluding hydrogens is 164 g/mol. The molecule has 0 unspecified atom stereocenters. The molecule has 0 atom stereocenters. The molecule has 0 aromatic heterocycles. The number of amides is 1. The summed E-state index contributed by atoms with van der Waals surface area (Å²) in [4.78, 5) is 13.9. The normalized spacial score (nSPS) is 28.1. The Balaban J connectivity index is 2.14. The number of hydrogen-bond donors (Lipinski definition) is 1. The maximum absolute atomic E-state index is 12.0. The van der Waals surface area contributed by atoms with Gasteiger partial charge in [0.15, 0.2) is 0 Å². The van der Waals surface area contributed by atoms with Gasteiger partial charge in [0.1, 0.15) is 0 Å². The van der Waals surface area contributed by atoms with Gasteiger partial charge in [0.2, 0.25) is 5.91 Å². The van der Waals surface area contributed by atoms with E-state index in [1.165, 1.54) is 6.42 Å². The molecule has 0 bridgehead atoms. The highest BCUT2D eigenvalue weighted by atomic mass is 16.2. The first-order chi connectivity index (χ1) is 6.25. The first-order valence-electron chi connectivity index (χ1n) is 5.21. The summed E-state index contributed by atoms with van der Waals surface area (Å²) in [6, 6.07) is 0. The van der Waals surface area contributed by atoms with Crippen LogP contribution in [0.4, 0.5) is 0 Å². The van der Waals surface area contributed by atoms with E-state index in [1.807, 2.05) is 11.9 Å². The Morgan fingerprint density at radius 3 is 2.69 bits per heavy atom. The van der Waals surface area contributed by atoms with Gasteiger partial charge < -0.3 is 10.2 Å². The lowest BCUT2D eigenvalue weighted by molar-refractivity contribution is -0.146. The van der Waals surface area contributed by atoms with E-state index in [0.29, 0.717) is 5.91 Å². The van der Waals surface area contributed by atoms with Gasteiger partial charge >= 0.3 is 0 Å². The molecular formula is C10H18N2O. The van der Waals surface area contributed by atoms with Crippen molar-refractivity contribution in [1.82, 2.24) is 10.2 Å². The fourth-order valence-electron chi connectivity index (χ4n) is 2.64. The molecule has 0 aliphatic carbocycles. The van der Waals surface area contributed by atoms with E-state index >= 15 is 0 Å². The molecule has 2 aliphatic rings. The lowest BCUT2D eigenvalue weighted by Crippen LogP contribution is -2.51. The average Bonchev–Trinajstić information content (AvgIpc) is 2.16. The minimum absolute atomic E-state index is 0.0122. The molecule has 3 nitrogen and oxygen atoms in total. The predicted octanol–water partition coefficient (Wildman–Crippen LogP) is 0.608. The fourth-order valence-corrected chi connectivity index (χ4v) is 2.64. The summed E-state index contributed by atoms with van der Waals surface area (Å²) in [6.45, 7) is 2.98. The highest BCUT2D eigenvalue weighted by Crippen LogP contribution is 2.38. The largest absolute Gasteiger partial charge is 0.345 e. The Labute approximate surface area is 79.5 Å². The maximum Gasteiger partial charge on any atom is 0.228 e. The van der Waals surface area contributed by atoms with Crippen molar-refractivity contribution < 1.29 is 4.79 Å². The van der Waals surface area contributed by atoms with Crippen LogP contribution in [0.2, 0.25) is 0 Å². The number of carbonyl (C=O) groups excluding carboxylic acids is 1. The zero-order valence-electron chi connectivity index (χ0n) is 8.31. The van der Waals surface area contributed by atoms with E-state index in [9.17, 15) is 4.79 Å². The molecule has 2 heterocycles. The van der Waals surface area contributed by atoms with Gasteiger partial charge in [-0.3, -0.25) is 4.79 Å². The fraction of sp³-hybridized carbons (Fsp3) is 0.900. The summed E-state index contributed by atoms with van der Waals surface area (Å²) < 4.78 is 0. The molecule has 0 radical (unpaired) electrons. The number of nitrogens with one attached hydrogen (secondary N) is 1. The number of carbonyl (C=O) groups is 1. The van der Waals surface area contributed by atoms with E-state index < -0.39 is 0 Å². The Morgan fingerprint density at radius 2 is 2.00 bits per heavy atom. The van der Waals surface area contributed by atoms with Crippen LogP contribution in [-0.4, -0.2) is 37.5 Å². The molecule has 0 aromatic carbocycles. The Hall–Kier alpha value is -0.570. The van der Waals surface area contributed by atoms with Crippen molar-refractivity contribution in [3.8, 4) is 0 Å². The Kier molecular flexibility index (Phi) is 2.28. The van der Waals surface area contributed by atoms with Crippen LogP contribution in [0.25, 0.3) is 0 Å². The minimum Gasteiger partial charge on any atom is -0.345 e. The average molecular weight is 182 g/mol. The molecule has 2 rings (SSSR count). The van der Waals surface area contributed by atoms with Crippen LogP contribution >= 0.6 is 0 Å². The van der Waals surface area contributed by atoms with Gasteiger partial charge in [-0.1, -0.05) is 0 Å². The lowest BCUT2D eigenvalue weighted by Gasteiger charge is -2.42. The Morgan fingerprint density at radius 1 is 1.31 bits per heavy atom. The number of likely N-dealkylation sites (tertiary alicyclic amines) is 1. The van der Waals surface area contributed by atoms with Crippen molar-refractivity contribution >= 4 is 5.91 Å². The summed E-state index contributed by atoms with van der Waals surface area (Å²) in [5, 5.41) is 3.32. The molecule has 1 N–H and O–H groups in total. The number of hydrogen-bond acceptors (Lipinski definition) is 2. The first kappa shape index (κ1) is 9.00. The molecule has 1 spiro atoms. The van der Waals surface area contributed by atoms with Crippen LogP contribution in [0.5, 0.6) is 0 Å². The third-order valence-electron chi connectivity index (χ3n) is 3.51. The predicted molar refractivity (Wildman–Crippen MR) is 51.4 cm³/mol. The van der Waals surface area contributed by atoms with Gasteiger partial charge in [-0.05, 0) is 38.8 Å². The van der Waals surface area contributed by atoms with E-state index in [2.05, 4.69) is 5.32 Å². The number of rotatable bonds is 0. The van der Waals surface area contributed by atoms with Crippen molar-refractivity contribution in [3.05, 3.63) is 0 Å². The van der Waals surface area contributed by atoms with E-state index in [1.54, 1.807) is 0 Å². The SMILES string of the molecule is CN1CCCC2(CCNCC2)C1=O. The quantitative estimate of drug-likeness (QED) is 0.595. The number of nitrogens with zero attached hydrogens (tertiary/aromatic N) is 1. The summed E-state index contributed by atoms with van der Waals surface area (Å²) in [5.74, 6) is 0.389. The molecule has 0 saturated carbocycles. The van der Waals surface area contributed by atoms with Crippen LogP contribution in [0.3, 0.4) is 0 Å². The minimum atomic E-state index is 0.0122. The van der Waals surface area contributed by atoms with Gasteiger partial charge in [-0.2, -0.15) is 0 Å². The summed E-state index contributed by atoms with van der Waals surface area (Å²) in [7, 11) is 1.94. The molecule has 2 fully saturated rings. The molecule has 0 aromatic rings. The third kappa shape index (κ3) is 1.46. The first-order valence-corrected chi connectivity index (χ1v) is 5.21. The monoisotopic (exact) mass is 182 g/mol. The second-order valence-corrected chi connectivity index (χ2v) is 4.36. The van der Waals surface area contributed by atoms with Crippen molar-refractivity contribution in [2.24, 2.45) is 5.41 Å². The summed E-state index contributed by atoms with van der Waals surface area (Å²) in [5.41, 5.74) is 0.0122. The highest BCUT2D eigenvalue weighted by Gasteiger charge is 2.42. The topological polar surface area (TPSA) is 32.3 Å². The van der Waals surface area contributed by atoms with Crippen molar-refractivity contribution in [1.29, 1.82) is 0 Å². The standard InChI is InChI=1S/C10H18N2O/c1-12-8-2-3-10(9(12)13)4-6-11-7-5-10/h11H,2-8H2,1H3. The molecule has 1 amide bonds. The smallest absolute Gasteiger partial charge is 0.228 e. The zero-order valence-corrected chi connectivity index (χ0v) is 8.31. The maximum atomic E-state index is 12.0. The lowest BCUT2D eigenvalue weighted by atomic mass is 9.72. The van der Waals surface area contributed by atoms with Crippen molar-refractivity contribution in [3.63, 3.8) is 0 Å². The number of piperidine rings is 2. The molecule has 2 saturated heterocycles. The van der Waals surface area contributed by atoms with Gasteiger partial charge in [0.25, 0.3) is 0 Å². The molecule has 3 heteroatoms. The van der Waals surface area contributed by atoms with Crippen LogP contribution < -0.4 is 5.32 Å². The van der Waals surface area contributed by atoms with Crippen LogP contribution in [-0.2, 0) is 4.79 Å². The second kappa shape index (κ2) is 3.29. The van der Waals surface area contributed by atoms with Gasteiger partial charge in [0, 0.05) is 13.6 Å². The highest BCUT2D eigenvalue weighted by molar-refractivity contribution is 5.83. The molecule has 74 valence electrons. The summed E-state index contributed by atoms with van der Waals surface area (Å²) >= 11 is 0. The van der Waals surface area contributed by atoms with E-state index in [-0.39, 0.29) is 5.41 Å². The van der Waals surface area contributed by atoms with Crippen LogP contribution in [0.1, 0.15) is 25.7 Å². The van der Waals surface area contributed by atoms with Gasteiger partial charge in [0.05, 0.1) is 5.41 Å². The third-order valence-corrected chi connectivity index (χ3v) is 3.51. The van der Waals surface area contributed by atoms with E-state index in [4.69, 9.17) is 0 Å². The zero-order chi connectivity index (χ0) is 9.31. The van der Waals surface area contributed by atoms with Crippen molar-refractivity contribution in [2.75, 3.05) is 26.7 Å². The molecule has 2 aliphatic heterocycles. The van der Waals surface area contributed by atoms with Gasteiger partial charge in [-0.25, -0.2) is 0 Å². The van der Waals surface area contributed by atoms with Crippen LogP contribution in [0, 0.1) is 5.41 Å². The van der Waals surface area contributed by atoms with Gasteiger partial charge in [-0.15, -0.1) is 0 Å². The molecule has 13 heavy (non-hydrogen) atoms. The van der Waals surface area contributed by atoms with E-state index in [0.717, 1.165) is 38.9 Å². The second-order valence-electron chi connectivity index (χ2n) is 4.36. The van der Waals surface area contributed by atoms with Crippen LogP contribution in [0.15, 0.2) is 0 Å². The summed E-state index contributed by atoms with van der Waals surface area (Å²) in [6.07, 6.45) is 4.37.